The van der Waals surface area contributed by atoms with Gasteiger partial charge < -0.3 is 13.3 Å². The topological polar surface area (TPSA) is 27.7 Å². The summed E-state index contributed by atoms with van der Waals surface area (Å²) in [6, 6.07) is 0.902. The summed E-state index contributed by atoms with van der Waals surface area (Å²) in [5.41, 5.74) is 0. The minimum absolute atomic E-state index is 0.730. The third-order valence-corrected chi connectivity index (χ3v) is 5.37. The predicted molar refractivity (Wildman–Crippen MR) is 78.7 cm³/mol. The molecule has 108 valence electrons. The van der Waals surface area contributed by atoms with Gasteiger partial charge in [0.25, 0.3) is 0 Å². The van der Waals surface area contributed by atoms with Crippen molar-refractivity contribution < 1.29 is 13.3 Å². The Hall–Kier alpha value is -0.163. The first kappa shape index (κ1) is 17.8. The fourth-order valence-corrected chi connectivity index (χ4v) is 4.44. The second kappa shape index (κ2) is 11.9. The van der Waals surface area contributed by atoms with Gasteiger partial charge in [-0.15, -0.1) is 6.58 Å². The zero-order valence-electron chi connectivity index (χ0n) is 12.4. The molecule has 0 aliphatic heterocycles. The van der Waals surface area contributed by atoms with Gasteiger partial charge in [0, 0.05) is 25.9 Å². The van der Waals surface area contributed by atoms with E-state index in [0.29, 0.717) is 0 Å². The number of unbranched alkanes of at least 4 members (excludes halogenated alkanes) is 1. The van der Waals surface area contributed by atoms with Crippen LogP contribution in [0.25, 0.3) is 0 Å². The molecule has 0 fully saturated rings. The first-order valence-corrected chi connectivity index (χ1v) is 9.20. The SMILES string of the molecule is C=CCCC[Si](OCCC)(OCCC)OCCC. The Morgan fingerprint density at radius 2 is 1.33 bits per heavy atom. The van der Waals surface area contributed by atoms with Gasteiger partial charge in [-0.1, -0.05) is 26.8 Å². The molecule has 18 heavy (non-hydrogen) atoms. The second-order valence-electron chi connectivity index (χ2n) is 4.41. The van der Waals surface area contributed by atoms with Gasteiger partial charge in [0.05, 0.1) is 0 Å². The summed E-state index contributed by atoms with van der Waals surface area (Å²) < 4.78 is 18.0. The highest BCUT2D eigenvalue weighted by molar-refractivity contribution is 6.60. The number of allylic oxidation sites excluding steroid dienone is 1. The Balaban J connectivity index is 4.45. The first-order chi connectivity index (χ1) is 8.74. The lowest BCUT2D eigenvalue weighted by Gasteiger charge is -2.29. The molecule has 0 unspecified atom stereocenters. The lowest BCUT2D eigenvalue weighted by Crippen LogP contribution is -2.46. The zero-order valence-corrected chi connectivity index (χ0v) is 13.4. The zero-order chi connectivity index (χ0) is 13.7. The number of hydrogen-bond donors (Lipinski definition) is 0. The van der Waals surface area contributed by atoms with Gasteiger partial charge in [-0.05, 0) is 32.1 Å². The molecule has 0 atom stereocenters. The molecule has 0 amide bonds. The molecule has 0 aromatic carbocycles. The molecule has 0 spiro atoms. The molecule has 0 aliphatic rings. The molecule has 0 bridgehead atoms. The van der Waals surface area contributed by atoms with Crippen LogP contribution in [0.5, 0.6) is 0 Å². The van der Waals surface area contributed by atoms with Crippen molar-refractivity contribution in [2.75, 3.05) is 19.8 Å². The van der Waals surface area contributed by atoms with Crippen molar-refractivity contribution in [1.29, 1.82) is 0 Å². The van der Waals surface area contributed by atoms with Gasteiger partial charge in [0.15, 0.2) is 0 Å². The van der Waals surface area contributed by atoms with E-state index in [-0.39, 0.29) is 0 Å². The molecule has 3 nitrogen and oxygen atoms in total. The van der Waals surface area contributed by atoms with Crippen molar-refractivity contribution >= 4 is 8.80 Å². The van der Waals surface area contributed by atoms with E-state index in [1.54, 1.807) is 0 Å². The molecule has 0 heterocycles. The lowest BCUT2D eigenvalue weighted by molar-refractivity contribution is 0.0588. The fraction of sp³-hybridized carbons (Fsp3) is 0.857. The number of rotatable bonds is 13. The predicted octanol–water partition coefficient (Wildman–Crippen LogP) is 4.17. The Labute approximate surface area is 114 Å². The van der Waals surface area contributed by atoms with Crippen LogP contribution in [-0.2, 0) is 13.3 Å². The smallest absolute Gasteiger partial charge is 0.373 e. The van der Waals surface area contributed by atoms with Crippen molar-refractivity contribution in [2.45, 2.75) is 58.9 Å². The van der Waals surface area contributed by atoms with Crippen molar-refractivity contribution in [3.63, 3.8) is 0 Å². The van der Waals surface area contributed by atoms with E-state index in [1.165, 1.54) is 0 Å². The molecule has 0 saturated heterocycles. The van der Waals surface area contributed by atoms with Crippen LogP contribution >= 0.6 is 0 Å². The van der Waals surface area contributed by atoms with Gasteiger partial charge in [0.1, 0.15) is 0 Å². The largest absolute Gasteiger partial charge is 0.500 e. The minimum Gasteiger partial charge on any atom is -0.373 e. The maximum absolute atomic E-state index is 5.99. The van der Waals surface area contributed by atoms with Crippen LogP contribution in [0.4, 0.5) is 0 Å². The normalized spacial score (nSPS) is 11.7. The average molecular weight is 274 g/mol. The van der Waals surface area contributed by atoms with Crippen LogP contribution < -0.4 is 0 Å². The molecule has 0 radical (unpaired) electrons. The van der Waals surface area contributed by atoms with Gasteiger partial charge in [-0.2, -0.15) is 0 Å². The van der Waals surface area contributed by atoms with Crippen molar-refractivity contribution in [3.8, 4) is 0 Å². The number of hydrogen-bond acceptors (Lipinski definition) is 3. The molecule has 4 heteroatoms. The molecule has 0 saturated carbocycles. The molecule has 0 N–H and O–H groups in total. The monoisotopic (exact) mass is 274 g/mol. The van der Waals surface area contributed by atoms with Crippen LogP contribution in [0.2, 0.25) is 6.04 Å². The van der Waals surface area contributed by atoms with Crippen LogP contribution in [0.1, 0.15) is 52.9 Å². The maximum Gasteiger partial charge on any atom is 0.500 e. The van der Waals surface area contributed by atoms with Crippen molar-refractivity contribution in [1.82, 2.24) is 0 Å². The van der Waals surface area contributed by atoms with Crippen LogP contribution in [0.15, 0.2) is 12.7 Å². The maximum atomic E-state index is 5.99. The standard InChI is InChI=1S/C14H30O3Si/c1-5-9-10-14-18(15-11-6-2,16-12-7-3)17-13-8-4/h5H,1,6-14H2,2-4H3. The highest BCUT2D eigenvalue weighted by Crippen LogP contribution is 2.20. The van der Waals surface area contributed by atoms with E-state index in [1.807, 2.05) is 6.08 Å². The molecule has 0 aliphatic carbocycles. The third-order valence-electron chi connectivity index (χ3n) is 2.47. The van der Waals surface area contributed by atoms with Gasteiger partial charge in [-0.3, -0.25) is 0 Å². The third kappa shape index (κ3) is 8.03. The first-order valence-electron chi connectivity index (χ1n) is 7.27. The van der Waals surface area contributed by atoms with E-state index in [9.17, 15) is 0 Å². The summed E-state index contributed by atoms with van der Waals surface area (Å²) in [6.07, 6.45) is 6.98. The van der Waals surface area contributed by atoms with Gasteiger partial charge >= 0.3 is 8.80 Å². The lowest BCUT2D eigenvalue weighted by atomic mass is 10.3. The van der Waals surface area contributed by atoms with Crippen LogP contribution in [-0.4, -0.2) is 28.6 Å². The van der Waals surface area contributed by atoms with Crippen LogP contribution in [0, 0.1) is 0 Å². The Morgan fingerprint density at radius 3 is 1.67 bits per heavy atom. The highest BCUT2D eigenvalue weighted by atomic mass is 28.4. The highest BCUT2D eigenvalue weighted by Gasteiger charge is 2.40. The Morgan fingerprint density at radius 1 is 0.889 bits per heavy atom. The quantitative estimate of drug-likeness (QED) is 0.286. The Kier molecular flexibility index (Phi) is 11.8. The van der Waals surface area contributed by atoms with E-state index < -0.39 is 8.80 Å². The minimum atomic E-state index is -2.44. The molecule has 0 aromatic rings. The van der Waals surface area contributed by atoms with Crippen molar-refractivity contribution in [2.24, 2.45) is 0 Å². The van der Waals surface area contributed by atoms with E-state index in [4.69, 9.17) is 13.3 Å². The second-order valence-corrected chi connectivity index (χ2v) is 7.14. The molecule has 0 aromatic heterocycles. The molecular weight excluding hydrogens is 244 g/mol. The average Bonchev–Trinajstić information content (AvgIpc) is 2.40. The summed E-state index contributed by atoms with van der Waals surface area (Å²) in [7, 11) is -2.44. The summed E-state index contributed by atoms with van der Waals surface area (Å²) in [4.78, 5) is 0. The van der Waals surface area contributed by atoms with Gasteiger partial charge in [-0.25, -0.2) is 0 Å². The molecule has 0 rings (SSSR count). The summed E-state index contributed by atoms with van der Waals surface area (Å²) in [5.74, 6) is 0. The molecular formula is C14H30O3Si. The van der Waals surface area contributed by atoms with Gasteiger partial charge in [0.2, 0.25) is 0 Å². The Bertz CT molecular complexity index is 176. The van der Waals surface area contributed by atoms with E-state index in [0.717, 1.165) is 58.0 Å². The van der Waals surface area contributed by atoms with Crippen LogP contribution in [0.3, 0.4) is 0 Å². The van der Waals surface area contributed by atoms with E-state index in [2.05, 4.69) is 27.4 Å². The van der Waals surface area contributed by atoms with E-state index >= 15 is 0 Å². The summed E-state index contributed by atoms with van der Waals surface area (Å²) >= 11 is 0. The van der Waals surface area contributed by atoms with Crippen molar-refractivity contribution in [3.05, 3.63) is 12.7 Å². The summed E-state index contributed by atoms with van der Waals surface area (Å²) in [6.45, 7) is 12.3. The fourth-order valence-electron chi connectivity index (χ4n) is 1.58. The summed E-state index contributed by atoms with van der Waals surface area (Å²) in [5, 5.41) is 0.